The van der Waals surface area contributed by atoms with E-state index < -0.39 is 0 Å². The van der Waals surface area contributed by atoms with Crippen LogP contribution >= 0.6 is 11.3 Å². The fraction of sp³-hybridized carbons (Fsp3) is 0.450. The smallest absolute Gasteiger partial charge is 0.275 e. The van der Waals surface area contributed by atoms with Crippen LogP contribution in [0.3, 0.4) is 0 Å². The Morgan fingerprint density at radius 2 is 2.16 bits per heavy atom. The molecule has 25 heavy (non-hydrogen) atoms. The third-order valence-electron chi connectivity index (χ3n) is 4.63. The van der Waals surface area contributed by atoms with Crippen molar-refractivity contribution in [1.29, 1.82) is 0 Å². The van der Waals surface area contributed by atoms with Gasteiger partial charge in [0.25, 0.3) is 5.91 Å². The Balaban J connectivity index is 1.57. The number of carbonyl (C=O) groups excluding carboxylic acids is 1. The van der Waals surface area contributed by atoms with Crippen LogP contribution in [0.25, 0.3) is 0 Å². The zero-order valence-electron chi connectivity index (χ0n) is 14.7. The summed E-state index contributed by atoms with van der Waals surface area (Å²) in [6.07, 6.45) is 2.53. The predicted molar refractivity (Wildman–Crippen MR) is 101 cm³/mol. The van der Waals surface area contributed by atoms with Gasteiger partial charge in [0, 0.05) is 6.61 Å². The van der Waals surface area contributed by atoms with Gasteiger partial charge in [0.2, 0.25) is 0 Å². The van der Waals surface area contributed by atoms with Crippen LogP contribution in [0.4, 0.5) is 0 Å². The highest BCUT2D eigenvalue weighted by Crippen LogP contribution is 2.12. The molecule has 0 bridgehead atoms. The number of nitrogens with one attached hydrogen (secondary N) is 2. The molecule has 2 aromatic rings. The Bertz CT molecular complexity index is 639. The van der Waals surface area contributed by atoms with Crippen LogP contribution in [-0.4, -0.2) is 31.7 Å². The molecule has 0 radical (unpaired) electrons. The normalized spacial score (nSPS) is 19.5. The molecule has 0 spiro atoms. The molecule has 2 heterocycles. The van der Waals surface area contributed by atoms with Crippen molar-refractivity contribution in [3.8, 4) is 0 Å². The molecule has 4 nitrogen and oxygen atoms in total. The molecule has 1 unspecified atom stereocenters. The van der Waals surface area contributed by atoms with Crippen LogP contribution in [0.15, 0.2) is 47.8 Å². The van der Waals surface area contributed by atoms with E-state index in [1.807, 2.05) is 37.3 Å². The van der Waals surface area contributed by atoms with Gasteiger partial charge in [0.15, 0.2) is 6.54 Å². The zero-order valence-corrected chi connectivity index (χ0v) is 15.6. The highest BCUT2D eigenvalue weighted by molar-refractivity contribution is 7.09. The maximum atomic E-state index is 12.6. The van der Waals surface area contributed by atoms with Crippen LogP contribution < -0.4 is 10.2 Å². The van der Waals surface area contributed by atoms with Crippen LogP contribution in [0, 0.1) is 0 Å². The lowest BCUT2D eigenvalue weighted by molar-refractivity contribution is -0.908. The summed E-state index contributed by atoms with van der Waals surface area (Å²) in [5, 5.41) is 5.23. The summed E-state index contributed by atoms with van der Waals surface area (Å²) in [5.41, 5.74) is 1.13. The largest absolute Gasteiger partial charge is 0.372 e. The topological polar surface area (TPSA) is 42.8 Å². The van der Waals surface area contributed by atoms with Crippen molar-refractivity contribution in [2.45, 2.75) is 38.5 Å². The minimum absolute atomic E-state index is 0.0272. The average Bonchev–Trinajstić information content (AvgIpc) is 3.29. The van der Waals surface area contributed by atoms with E-state index >= 15 is 0 Å². The van der Waals surface area contributed by atoms with E-state index in [4.69, 9.17) is 4.74 Å². The number of benzene rings is 1. The van der Waals surface area contributed by atoms with E-state index in [2.05, 4.69) is 22.8 Å². The zero-order chi connectivity index (χ0) is 17.5. The molecule has 3 atom stereocenters. The van der Waals surface area contributed by atoms with Gasteiger partial charge in [0.1, 0.15) is 19.2 Å². The fourth-order valence-corrected chi connectivity index (χ4v) is 4.11. The number of rotatable bonds is 8. The van der Waals surface area contributed by atoms with Gasteiger partial charge in [-0.2, -0.15) is 0 Å². The average molecular weight is 360 g/mol. The summed E-state index contributed by atoms with van der Waals surface area (Å²) in [4.78, 5) is 15.2. The van der Waals surface area contributed by atoms with Gasteiger partial charge in [-0.05, 0) is 36.8 Å². The second kappa shape index (κ2) is 9.13. The molecular formula is C20H27N2O2S+. The van der Waals surface area contributed by atoms with Crippen LogP contribution in [0.5, 0.6) is 0 Å². The molecule has 1 amide bonds. The summed E-state index contributed by atoms with van der Waals surface area (Å²) in [5.74, 6) is 0.0981. The number of quaternary nitrogens is 1. The number of carbonyl (C=O) groups is 1. The maximum Gasteiger partial charge on any atom is 0.275 e. The molecule has 1 saturated heterocycles. The molecule has 2 N–H and O–H groups in total. The minimum Gasteiger partial charge on any atom is -0.372 e. The first kappa shape index (κ1) is 18.1. The highest BCUT2D eigenvalue weighted by Gasteiger charge is 2.24. The summed E-state index contributed by atoms with van der Waals surface area (Å²) < 4.78 is 5.79. The van der Waals surface area contributed by atoms with Crippen molar-refractivity contribution >= 4 is 17.2 Å². The van der Waals surface area contributed by atoms with Gasteiger partial charge >= 0.3 is 0 Å². The molecule has 0 saturated carbocycles. The Labute approximate surface area is 153 Å². The lowest BCUT2D eigenvalue weighted by Crippen LogP contribution is -3.13. The number of ether oxygens (including phenoxy) is 1. The van der Waals surface area contributed by atoms with Crippen molar-refractivity contribution in [2.75, 3.05) is 19.7 Å². The Morgan fingerprint density at radius 3 is 2.84 bits per heavy atom. The van der Waals surface area contributed by atoms with E-state index in [-0.39, 0.29) is 18.1 Å². The van der Waals surface area contributed by atoms with Gasteiger partial charge < -0.3 is 15.0 Å². The number of amides is 1. The van der Waals surface area contributed by atoms with Gasteiger partial charge in [0.05, 0.1) is 10.9 Å². The highest BCUT2D eigenvalue weighted by atomic mass is 32.1. The van der Waals surface area contributed by atoms with Crippen molar-refractivity contribution in [1.82, 2.24) is 5.32 Å². The Hall–Kier alpha value is -1.69. The molecule has 1 aromatic carbocycles. The number of thiophene rings is 1. The molecule has 1 fully saturated rings. The van der Waals surface area contributed by atoms with Gasteiger partial charge in [-0.1, -0.05) is 36.4 Å². The first-order valence-corrected chi connectivity index (χ1v) is 9.90. The Kier molecular flexibility index (Phi) is 6.62. The van der Waals surface area contributed by atoms with Crippen LogP contribution in [-0.2, 0) is 16.1 Å². The molecule has 1 aromatic heterocycles. The third-order valence-corrected chi connectivity index (χ3v) is 5.51. The van der Waals surface area contributed by atoms with Crippen molar-refractivity contribution in [3.05, 3.63) is 58.3 Å². The standard InChI is InChI=1S/C20H26N2O2S/c1-16(17-7-3-2-4-8-17)21-20(23)15-22(13-18-9-5-11-24-18)14-19-10-6-12-25-19/h2-4,6-8,10,12,16,18H,5,9,11,13-15H2,1H3,(H,21,23)/p+1/t16-,18-/m0/s1. The first-order chi connectivity index (χ1) is 12.2. The second-order valence-corrected chi connectivity index (χ2v) is 7.75. The molecule has 5 heteroatoms. The summed E-state index contributed by atoms with van der Waals surface area (Å²) in [6.45, 7) is 5.14. The van der Waals surface area contributed by atoms with Gasteiger partial charge in [-0.3, -0.25) is 4.79 Å². The molecule has 1 aliphatic heterocycles. The molecule has 3 rings (SSSR count). The van der Waals surface area contributed by atoms with Crippen molar-refractivity contribution < 1.29 is 14.4 Å². The minimum atomic E-state index is 0.0272. The summed E-state index contributed by atoms with van der Waals surface area (Å²) in [6, 6.07) is 14.3. The SMILES string of the molecule is C[C@H](NC(=O)C[NH+](Cc1cccs1)C[C@@H]1CCCO1)c1ccccc1. The number of hydrogen-bond acceptors (Lipinski definition) is 3. The lowest BCUT2D eigenvalue weighted by atomic mass is 10.1. The van der Waals surface area contributed by atoms with E-state index in [9.17, 15) is 4.79 Å². The maximum absolute atomic E-state index is 12.6. The predicted octanol–water partition coefficient (Wildman–Crippen LogP) is 2.19. The van der Waals surface area contributed by atoms with Gasteiger partial charge in [-0.25, -0.2) is 0 Å². The van der Waals surface area contributed by atoms with E-state index in [1.54, 1.807) is 11.3 Å². The quantitative estimate of drug-likeness (QED) is 0.759. The molecular weight excluding hydrogens is 332 g/mol. The van der Waals surface area contributed by atoms with E-state index in [0.717, 1.165) is 38.1 Å². The second-order valence-electron chi connectivity index (χ2n) is 6.72. The lowest BCUT2D eigenvalue weighted by Gasteiger charge is -2.22. The van der Waals surface area contributed by atoms with E-state index in [1.165, 1.54) is 9.78 Å². The van der Waals surface area contributed by atoms with Crippen molar-refractivity contribution in [2.24, 2.45) is 0 Å². The Morgan fingerprint density at radius 1 is 1.32 bits per heavy atom. The van der Waals surface area contributed by atoms with E-state index in [0.29, 0.717) is 6.54 Å². The summed E-state index contributed by atoms with van der Waals surface area (Å²) in [7, 11) is 0. The number of hydrogen-bond donors (Lipinski definition) is 2. The van der Waals surface area contributed by atoms with Crippen LogP contribution in [0.2, 0.25) is 0 Å². The molecule has 1 aliphatic rings. The first-order valence-electron chi connectivity index (χ1n) is 9.02. The third kappa shape index (κ3) is 5.66. The fourth-order valence-electron chi connectivity index (χ4n) is 3.34. The summed E-state index contributed by atoms with van der Waals surface area (Å²) >= 11 is 1.75. The molecule has 0 aliphatic carbocycles. The monoisotopic (exact) mass is 359 g/mol. The van der Waals surface area contributed by atoms with Gasteiger partial charge in [-0.15, -0.1) is 11.3 Å². The van der Waals surface area contributed by atoms with Crippen LogP contribution in [0.1, 0.15) is 36.2 Å². The molecule has 134 valence electrons. The van der Waals surface area contributed by atoms with Crippen molar-refractivity contribution in [3.63, 3.8) is 0 Å².